The van der Waals surface area contributed by atoms with Crippen molar-refractivity contribution in [3.05, 3.63) is 88.2 Å². The molecule has 176 valence electrons. The molecule has 1 aliphatic carbocycles. The Morgan fingerprint density at radius 2 is 1.82 bits per heavy atom. The molecule has 0 bridgehead atoms. The monoisotopic (exact) mass is 483 g/mol. The predicted octanol–water partition coefficient (Wildman–Crippen LogP) is 5.16. The second kappa shape index (κ2) is 8.18. The number of methoxy groups -OCH3 is 2. The SMILES string of the molecule is CO/N=C1\C[C@@H](c2cccc(F)c2)[C@]2(c3ccc(Cl)cc3)Oc3cc(OC)cc(OC)c3[C@]12O. The van der Waals surface area contributed by atoms with Crippen molar-refractivity contribution in [1.29, 1.82) is 0 Å². The van der Waals surface area contributed by atoms with E-state index in [0.717, 1.165) is 0 Å². The van der Waals surface area contributed by atoms with E-state index in [1.54, 1.807) is 42.5 Å². The summed E-state index contributed by atoms with van der Waals surface area (Å²) < 4.78 is 32.1. The topological polar surface area (TPSA) is 69.5 Å². The first kappa shape index (κ1) is 22.5. The molecule has 3 atom stereocenters. The lowest BCUT2D eigenvalue weighted by Crippen LogP contribution is -2.50. The second-order valence-electron chi connectivity index (χ2n) is 8.29. The minimum atomic E-state index is -1.79. The summed E-state index contributed by atoms with van der Waals surface area (Å²) in [6, 6.07) is 16.7. The van der Waals surface area contributed by atoms with Gasteiger partial charge in [0.2, 0.25) is 0 Å². The lowest BCUT2D eigenvalue weighted by molar-refractivity contribution is -0.0756. The molecule has 1 heterocycles. The van der Waals surface area contributed by atoms with Crippen LogP contribution in [0.1, 0.15) is 29.0 Å². The van der Waals surface area contributed by atoms with Crippen molar-refractivity contribution in [3.63, 3.8) is 0 Å². The van der Waals surface area contributed by atoms with Crippen LogP contribution in [0, 0.1) is 5.82 Å². The van der Waals surface area contributed by atoms with E-state index in [2.05, 4.69) is 5.16 Å². The highest BCUT2D eigenvalue weighted by atomic mass is 35.5. The first-order valence-corrected chi connectivity index (χ1v) is 11.1. The van der Waals surface area contributed by atoms with Gasteiger partial charge < -0.3 is 24.2 Å². The summed E-state index contributed by atoms with van der Waals surface area (Å²) in [4.78, 5) is 5.15. The fraction of sp³-hybridized carbons (Fsp3) is 0.269. The van der Waals surface area contributed by atoms with Gasteiger partial charge in [0.1, 0.15) is 30.2 Å². The molecule has 0 unspecified atom stereocenters. The molecule has 2 aliphatic rings. The van der Waals surface area contributed by atoms with Crippen molar-refractivity contribution in [2.24, 2.45) is 5.16 Å². The maximum atomic E-state index is 14.4. The predicted molar refractivity (Wildman–Crippen MR) is 125 cm³/mol. The van der Waals surface area contributed by atoms with E-state index in [-0.39, 0.29) is 12.2 Å². The van der Waals surface area contributed by atoms with Crippen molar-refractivity contribution < 1.29 is 28.5 Å². The van der Waals surface area contributed by atoms with Crippen LogP contribution in [-0.4, -0.2) is 32.1 Å². The number of hydrogen-bond acceptors (Lipinski definition) is 6. The summed E-state index contributed by atoms with van der Waals surface area (Å²) in [7, 11) is 4.46. The van der Waals surface area contributed by atoms with Crippen LogP contribution in [0.15, 0.2) is 65.8 Å². The van der Waals surface area contributed by atoms with Gasteiger partial charge in [0.25, 0.3) is 0 Å². The number of oxime groups is 1. The number of aliphatic hydroxyl groups is 1. The zero-order chi connectivity index (χ0) is 24.1. The van der Waals surface area contributed by atoms with Gasteiger partial charge in [-0.1, -0.05) is 41.0 Å². The molecule has 3 aromatic rings. The van der Waals surface area contributed by atoms with Crippen LogP contribution >= 0.6 is 11.6 Å². The summed E-state index contributed by atoms with van der Waals surface area (Å²) in [5.41, 5.74) is -1.17. The normalized spacial score (nSPS) is 26.1. The van der Waals surface area contributed by atoms with E-state index in [9.17, 15) is 9.50 Å². The molecule has 8 heteroatoms. The maximum Gasteiger partial charge on any atom is 0.183 e. The summed E-state index contributed by atoms with van der Waals surface area (Å²) in [5, 5.41) is 17.4. The number of ether oxygens (including phenoxy) is 3. The van der Waals surface area contributed by atoms with Gasteiger partial charge in [-0.3, -0.25) is 0 Å². The lowest BCUT2D eigenvalue weighted by atomic mass is 9.71. The molecule has 0 radical (unpaired) electrons. The molecule has 6 nitrogen and oxygen atoms in total. The van der Waals surface area contributed by atoms with Gasteiger partial charge in [0, 0.05) is 29.5 Å². The average Bonchev–Trinajstić information content (AvgIpc) is 3.24. The third kappa shape index (κ3) is 3.00. The van der Waals surface area contributed by atoms with Crippen molar-refractivity contribution in [1.82, 2.24) is 0 Å². The van der Waals surface area contributed by atoms with Gasteiger partial charge in [-0.15, -0.1) is 0 Å². The summed E-state index contributed by atoms with van der Waals surface area (Å²) in [5.74, 6) is 0.332. The molecule has 5 rings (SSSR count). The van der Waals surface area contributed by atoms with Gasteiger partial charge in [0.15, 0.2) is 11.2 Å². The van der Waals surface area contributed by atoms with Crippen molar-refractivity contribution >= 4 is 17.3 Å². The third-order valence-electron chi connectivity index (χ3n) is 6.70. The molecule has 3 aromatic carbocycles. The molecule has 1 saturated carbocycles. The van der Waals surface area contributed by atoms with E-state index in [1.807, 2.05) is 6.07 Å². The number of halogens is 2. The van der Waals surface area contributed by atoms with Gasteiger partial charge >= 0.3 is 0 Å². The number of fused-ring (bicyclic) bond motifs is 3. The van der Waals surface area contributed by atoms with Crippen LogP contribution in [0.4, 0.5) is 4.39 Å². The number of nitrogens with zero attached hydrogens (tertiary/aromatic N) is 1. The molecule has 0 amide bonds. The Bertz CT molecular complexity index is 1280. The van der Waals surface area contributed by atoms with Crippen molar-refractivity contribution in [3.8, 4) is 17.2 Å². The van der Waals surface area contributed by atoms with Crippen LogP contribution in [0.25, 0.3) is 0 Å². The van der Waals surface area contributed by atoms with E-state index in [0.29, 0.717) is 44.7 Å². The van der Waals surface area contributed by atoms with Crippen molar-refractivity contribution in [2.75, 3.05) is 21.3 Å². The molecule has 1 fully saturated rings. The van der Waals surface area contributed by atoms with Gasteiger partial charge in [-0.05, 0) is 35.4 Å². The first-order chi connectivity index (χ1) is 16.4. The van der Waals surface area contributed by atoms with Crippen molar-refractivity contribution in [2.45, 2.75) is 23.5 Å². The van der Waals surface area contributed by atoms with Gasteiger partial charge in [-0.25, -0.2) is 4.39 Å². The molecule has 0 aromatic heterocycles. The van der Waals surface area contributed by atoms with E-state index in [1.165, 1.54) is 33.5 Å². The van der Waals surface area contributed by atoms with E-state index < -0.39 is 17.1 Å². The molecule has 1 N–H and O–H groups in total. The Balaban J connectivity index is 1.87. The number of rotatable bonds is 5. The summed E-state index contributed by atoms with van der Waals surface area (Å²) >= 11 is 6.19. The van der Waals surface area contributed by atoms with Gasteiger partial charge in [-0.2, -0.15) is 0 Å². The van der Waals surface area contributed by atoms with E-state index in [4.69, 9.17) is 30.6 Å². The highest BCUT2D eigenvalue weighted by molar-refractivity contribution is 6.30. The van der Waals surface area contributed by atoms with Crippen LogP contribution in [0.3, 0.4) is 0 Å². The molecule has 0 spiro atoms. The average molecular weight is 484 g/mol. The molecule has 1 aliphatic heterocycles. The Labute approximate surface area is 201 Å². The highest BCUT2D eigenvalue weighted by Gasteiger charge is 2.73. The number of hydrogen-bond donors (Lipinski definition) is 1. The minimum absolute atomic E-state index is 0.255. The molecular weight excluding hydrogens is 461 g/mol. The largest absolute Gasteiger partial charge is 0.496 e. The smallest absolute Gasteiger partial charge is 0.183 e. The lowest BCUT2D eigenvalue weighted by Gasteiger charge is -2.39. The fourth-order valence-electron chi connectivity index (χ4n) is 5.34. The molecule has 34 heavy (non-hydrogen) atoms. The van der Waals surface area contributed by atoms with Gasteiger partial charge in [0.05, 0.1) is 25.5 Å². The highest BCUT2D eigenvalue weighted by Crippen LogP contribution is 2.67. The second-order valence-corrected chi connectivity index (χ2v) is 8.73. The zero-order valence-corrected chi connectivity index (χ0v) is 19.6. The zero-order valence-electron chi connectivity index (χ0n) is 18.8. The third-order valence-corrected chi connectivity index (χ3v) is 6.95. The number of benzene rings is 3. The van der Waals surface area contributed by atoms with Crippen LogP contribution in [0.2, 0.25) is 5.02 Å². The Morgan fingerprint density at radius 3 is 2.47 bits per heavy atom. The summed E-state index contributed by atoms with van der Waals surface area (Å²) in [6.45, 7) is 0. The Morgan fingerprint density at radius 1 is 1.06 bits per heavy atom. The van der Waals surface area contributed by atoms with Crippen LogP contribution < -0.4 is 14.2 Å². The molecule has 0 saturated heterocycles. The van der Waals surface area contributed by atoms with Crippen LogP contribution in [0.5, 0.6) is 17.2 Å². The van der Waals surface area contributed by atoms with E-state index >= 15 is 0 Å². The minimum Gasteiger partial charge on any atom is -0.496 e. The van der Waals surface area contributed by atoms with Crippen LogP contribution in [-0.2, 0) is 16.0 Å². The fourth-order valence-corrected chi connectivity index (χ4v) is 5.46. The Kier molecular flexibility index (Phi) is 5.41. The quantitative estimate of drug-likeness (QED) is 0.507. The summed E-state index contributed by atoms with van der Waals surface area (Å²) in [6.07, 6.45) is 0.255. The maximum absolute atomic E-state index is 14.4. The Hall–Kier alpha value is -3.29. The molecular formula is C26H23ClFNO5. The first-order valence-electron chi connectivity index (χ1n) is 10.7. The standard InChI is InChI=1S/C26H23ClFNO5/c1-31-19-12-21(32-2)24-22(13-19)34-26(16-7-9-17(27)10-8-16)20(15-5-4-6-18(28)11-15)14-23(29-33-3)25(24,26)30/h4-13,20,30H,14H2,1-3H3/b29-23+/t20-,25+,26-/m0/s1.